The van der Waals surface area contributed by atoms with E-state index in [4.69, 9.17) is 17.3 Å². The number of benzene rings is 1. The van der Waals surface area contributed by atoms with Crippen LogP contribution >= 0.6 is 11.6 Å². The molecule has 0 bridgehead atoms. The lowest BCUT2D eigenvalue weighted by Crippen LogP contribution is -2.43. The van der Waals surface area contributed by atoms with Gasteiger partial charge in [-0.3, -0.25) is 4.79 Å². The highest BCUT2D eigenvalue weighted by Crippen LogP contribution is 2.22. The van der Waals surface area contributed by atoms with Gasteiger partial charge in [0, 0.05) is 5.02 Å². The molecule has 1 unspecified atom stereocenters. The molecule has 0 radical (unpaired) electrons. The van der Waals surface area contributed by atoms with E-state index in [9.17, 15) is 14.4 Å². The second-order valence-electron chi connectivity index (χ2n) is 3.90. The van der Waals surface area contributed by atoms with Crippen molar-refractivity contribution in [3.63, 3.8) is 0 Å². The average molecular weight is 315 g/mol. The maximum absolute atomic E-state index is 11.9. The summed E-state index contributed by atoms with van der Waals surface area (Å²) in [6.07, 6.45) is 0. The van der Waals surface area contributed by atoms with Gasteiger partial charge >= 0.3 is 11.9 Å². The summed E-state index contributed by atoms with van der Waals surface area (Å²) in [6.45, 7) is 1.69. The minimum atomic E-state index is -1.51. The van der Waals surface area contributed by atoms with E-state index in [1.807, 2.05) is 0 Å². The van der Waals surface area contributed by atoms with Crippen LogP contribution in [0.5, 0.6) is 0 Å². The van der Waals surface area contributed by atoms with Crippen LogP contribution in [0.3, 0.4) is 0 Å². The largest absolute Gasteiger partial charge is 0.465 e. The third-order valence-electron chi connectivity index (χ3n) is 2.47. The summed E-state index contributed by atoms with van der Waals surface area (Å²) < 4.78 is 9.23. The predicted octanol–water partition coefficient (Wildman–Crippen LogP) is 0.956. The molecule has 0 fully saturated rings. The molecule has 0 aliphatic heterocycles. The van der Waals surface area contributed by atoms with E-state index in [2.05, 4.69) is 14.8 Å². The number of methoxy groups -OCH3 is 1. The summed E-state index contributed by atoms with van der Waals surface area (Å²) in [6, 6.07) is 2.70. The fraction of sp³-hybridized carbons (Fsp3) is 0.308. The van der Waals surface area contributed by atoms with E-state index in [1.165, 1.54) is 25.3 Å². The lowest BCUT2D eigenvalue weighted by molar-refractivity contribution is -0.146. The van der Waals surface area contributed by atoms with Crippen molar-refractivity contribution in [1.29, 1.82) is 0 Å². The van der Waals surface area contributed by atoms with Gasteiger partial charge in [-0.2, -0.15) is 0 Å². The Morgan fingerprint density at radius 2 is 2.05 bits per heavy atom. The lowest BCUT2D eigenvalue weighted by Gasteiger charge is -2.13. The molecule has 0 aliphatic rings. The number of hydrogen-bond donors (Lipinski definition) is 2. The number of carbonyl (C=O) groups is 3. The zero-order valence-electron chi connectivity index (χ0n) is 11.5. The van der Waals surface area contributed by atoms with Crippen LogP contribution in [0.2, 0.25) is 5.02 Å². The normalized spacial score (nSPS) is 11.4. The van der Waals surface area contributed by atoms with Crippen molar-refractivity contribution in [3.8, 4) is 0 Å². The number of nitrogens with one attached hydrogen (secondary N) is 1. The standard InChI is InChI=1S/C13H15ClN2O5/c1-3-21-13(19)10(15)11(17)16-9-6-7(14)4-5-8(9)12(18)20-2/h4-6,10H,3,15H2,1-2H3,(H,16,17). The molecule has 1 rings (SSSR count). The van der Waals surface area contributed by atoms with Gasteiger partial charge in [-0.25, -0.2) is 9.59 Å². The molecule has 114 valence electrons. The smallest absolute Gasteiger partial charge is 0.339 e. The van der Waals surface area contributed by atoms with E-state index in [0.717, 1.165) is 0 Å². The predicted molar refractivity (Wildman–Crippen MR) is 76.0 cm³/mol. The number of amides is 1. The van der Waals surface area contributed by atoms with Crippen molar-refractivity contribution in [3.05, 3.63) is 28.8 Å². The minimum absolute atomic E-state index is 0.0892. The van der Waals surface area contributed by atoms with Crippen LogP contribution in [-0.4, -0.2) is 37.6 Å². The summed E-state index contributed by atoms with van der Waals surface area (Å²) in [5.41, 5.74) is 5.64. The van der Waals surface area contributed by atoms with Gasteiger partial charge in [0.1, 0.15) is 0 Å². The zero-order chi connectivity index (χ0) is 16.0. The fourth-order valence-corrected chi connectivity index (χ4v) is 1.63. The lowest BCUT2D eigenvalue weighted by atomic mass is 10.1. The second-order valence-corrected chi connectivity index (χ2v) is 4.34. The third kappa shape index (κ3) is 4.44. The first-order chi connectivity index (χ1) is 9.90. The SMILES string of the molecule is CCOC(=O)C(N)C(=O)Nc1cc(Cl)ccc1C(=O)OC. The van der Waals surface area contributed by atoms with E-state index in [-0.39, 0.29) is 17.9 Å². The first-order valence-corrected chi connectivity index (χ1v) is 6.39. The van der Waals surface area contributed by atoms with Crippen molar-refractivity contribution in [2.75, 3.05) is 19.0 Å². The quantitative estimate of drug-likeness (QED) is 0.619. The molecule has 21 heavy (non-hydrogen) atoms. The van der Waals surface area contributed by atoms with Crippen molar-refractivity contribution in [2.24, 2.45) is 5.73 Å². The first kappa shape index (κ1) is 16.9. The van der Waals surface area contributed by atoms with Gasteiger partial charge < -0.3 is 20.5 Å². The monoisotopic (exact) mass is 314 g/mol. The summed E-state index contributed by atoms with van der Waals surface area (Å²) in [5.74, 6) is -2.34. The Labute approximate surface area is 126 Å². The Hall–Kier alpha value is -2.12. The van der Waals surface area contributed by atoms with Crippen LogP contribution in [0.1, 0.15) is 17.3 Å². The van der Waals surface area contributed by atoms with Crippen LogP contribution in [0.15, 0.2) is 18.2 Å². The minimum Gasteiger partial charge on any atom is -0.465 e. The Kier molecular flexibility index (Phi) is 6.13. The molecule has 1 aromatic rings. The number of carbonyl (C=O) groups excluding carboxylic acids is 3. The fourth-order valence-electron chi connectivity index (χ4n) is 1.46. The highest BCUT2D eigenvalue weighted by molar-refractivity contribution is 6.31. The molecule has 0 saturated carbocycles. The van der Waals surface area contributed by atoms with Gasteiger partial charge in [0.15, 0.2) is 6.04 Å². The number of halogens is 1. The zero-order valence-corrected chi connectivity index (χ0v) is 12.3. The molecule has 0 saturated heterocycles. The number of hydrogen-bond acceptors (Lipinski definition) is 6. The van der Waals surface area contributed by atoms with E-state index < -0.39 is 23.9 Å². The number of rotatable bonds is 5. The Bertz CT molecular complexity index is 561. The maximum atomic E-state index is 11.9. The molecule has 0 heterocycles. The van der Waals surface area contributed by atoms with Crippen LogP contribution in [-0.2, 0) is 19.1 Å². The Morgan fingerprint density at radius 1 is 1.38 bits per heavy atom. The summed E-state index contributed by atoms with van der Waals surface area (Å²) in [7, 11) is 1.20. The Morgan fingerprint density at radius 3 is 2.62 bits per heavy atom. The van der Waals surface area contributed by atoms with Crippen molar-refractivity contribution >= 4 is 35.1 Å². The Balaban J connectivity index is 2.96. The van der Waals surface area contributed by atoms with E-state index >= 15 is 0 Å². The maximum Gasteiger partial charge on any atom is 0.339 e. The number of ether oxygens (including phenoxy) is 2. The van der Waals surface area contributed by atoms with Gasteiger partial charge in [-0.15, -0.1) is 0 Å². The van der Waals surface area contributed by atoms with Crippen molar-refractivity contribution < 1.29 is 23.9 Å². The highest BCUT2D eigenvalue weighted by Gasteiger charge is 2.25. The van der Waals surface area contributed by atoms with E-state index in [0.29, 0.717) is 5.02 Å². The van der Waals surface area contributed by atoms with Gasteiger partial charge in [-0.1, -0.05) is 11.6 Å². The molecule has 7 nitrogen and oxygen atoms in total. The first-order valence-electron chi connectivity index (χ1n) is 6.01. The van der Waals surface area contributed by atoms with Gasteiger partial charge in [0.05, 0.1) is 25.0 Å². The van der Waals surface area contributed by atoms with Gasteiger partial charge in [0.25, 0.3) is 5.91 Å². The molecular weight excluding hydrogens is 300 g/mol. The summed E-state index contributed by atoms with van der Waals surface area (Å²) in [4.78, 5) is 34.9. The molecule has 0 spiro atoms. The second kappa shape index (κ2) is 7.61. The molecule has 1 aromatic carbocycles. The highest BCUT2D eigenvalue weighted by atomic mass is 35.5. The van der Waals surface area contributed by atoms with Crippen LogP contribution < -0.4 is 11.1 Å². The van der Waals surface area contributed by atoms with E-state index in [1.54, 1.807) is 6.92 Å². The van der Waals surface area contributed by atoms with Crippen molar-refractivity contribution in [1.82, 2.24) is 0 Å². The summed E-state index contributed by atoms with van der Waals surface area (Å²) in [5, 5.41) is 2.65. The third-order valence-corrected chi connectivity index (χ3v) is 2.70. The van der Waals surface area contributed by atoms with Crippen molar-refractivity contribution in [2.45, 2.75) is 13.0 Å². The van der Waals surface area contributed by atoms with Gasteiger partial charge in [0.2, 0.25) is 0 Å². The van der Waals surface area contributed by atoms with Crippen LogP contribution in [0.25, 0.3) is 0 Å². The molecule has 3 N–H and O–H groups in total. The summed E-state index contributed by atoms with van der Waals surface area (Å²) >= 11 is 5.81. The van der Waals surface area contributed by atoms with Gasteiger partial charge in [-0.05, 0) is 25.1 Å². The van der Waals surface area contributed by atoms with Crippen LogP contribution in [0.4, 0.5) is 5.69 Å². The molecule has 8 heteroatoms. The topological polar surface area (TPSA) is 108 Å². The molecule has 1 amide bonds. The molecular formula is C13H15ClN2O5. The average Bonchev–Trinajstić information content (AvgIpc) is 2.46. The number of anilines is 1. The number of nitrogens with two attached hydrogens (primary N) is 1. The van der Waals surface area contributed by atoms with Crippen LogP contribution in [0, 0.1) is 0 Å². The molecule has 0 aliphatic carbocycles. The number of esters is 2. The molecule has 1 atom stereocenters. The molecule has 0 aromatic heterocycles.